The first-order valence-electron chi connectivity index (χ1n) is 6.46. The quantitative estimate of drug-likeness (QED) is 0.879. The number of carbonyl (C=O) groups is 1. The Labute approximate surface area is 132 Å². The van der Waals surface area contributed by atoms with Crippen LogP contribution in [0, 0.1) is 11.3 Å². The number of benzene rings is 2. The molecule has 0 bridgehead atoms. The summed E-state index contributed by atoms with van der Waals surface area (Å²) in [5.74, 6) is 0.901. The number of carboxylic acid groups (broad SMARTS) is 1. The van der Waals surface area contributed by atoms with Crippen LogP contribution in [0.1, 0.15) is 24.1 Å². The van der Waals surface area contributed by atoms with Crippen molar-refractivity contribution in [2.24, 2.45) is 0 Å². The molecule has 0 aliphatic heterocycles. The van der Waals surface area contributed by atoms with Crippen molar-refractivity contribution in [1.82, 2.24) is 5.32 Å². The van der Waals surface area contributed by atoms with Gasteiger partial charge >= 0.3 is 6.09 Å². The van der Waals surface area contributed by atoms with Crippen molar-refractivity contribution in [3.63, 3.8) is 0 Å². The lowest BCUT2D eigenvalue weighted by molar-refractivity contribution is 0.191. The molecule has 2 aromatic carbocycles. The zero-order chi connectivity index (χ0) is 16.1. The van der Waals surface area contributed by atoms with Gasteiger partial charge in [0.05, 0.1) is 11.6 Å². The van der Waals surface area contributed by atoms with Crippen molar-refractivity contribution < 1.29 is 14.6 Å². The molecular weight excluding hydrogens is 304 g/mol. The predicted molar refractivity (Wildman–Crippen MR) is 82.3 cm³/mol. The number of rotatable bonds is 4. The molecule has 1 atom stereocenters. The molecule has 0 spiro atoms. The number of hydrogen-bond donors (Lipinski definition) is 2. The number of nitriles is 1. The zero-order valence-electron chi connectivity index (χ0n) is 11.7. The van der Waals surface area contributed by atoms with Crippen LogP contribution in [0.25, 0.3) is 0 Å². The van der Waals surface area contributed by atoms with Gasteiger partial charge < -0.3 is 15.2 Å². The number of halogens is 1. The molecule has 22 heavy (non-hydrogen) atoms. The molecule has 0 fully saturated rings. The summed E-state index contributed by atoms with van der Waals surface area (Å²) in [5.41, 5.74) is 1.09. The number of nitrogens with one attached hydrogen (secondary N) is 1. The second-order valence-corrected chi connectivity index (χ2v) is 5.03. The highest BCUT2D eigenvalue weighted by atomic mass is 35.5. The lowest BCUT2D eigenvalue weighted by Gasteiger charge is -2.14. The van der Waals surface area contributed by atoms with E-state index in [0.717, 1.165) is 5.56 Å². The molecule has 112 valence electrons. The van der Waals surface area contributed by atoms with Crippen molar-refractivity contribution in [1.29, 1.82) is 5.26 Å². The van der Waals surface area contributed by atoms with Gasteiger partial charge in [0.25, 0.3) is 0 Å². The Hall–Kier alpha value is -2.71. The maximum atomic E-state index is 10.7. The minimum absolute atomic E-state index is 0.328. The Balaban J connectivity index is 2.24. The normalized spacial score (nSPS) is 11.3. The van der Waals surface area contributed by atoms with Gasteiger partial charge in [0.1, 0.15) is 17.6 Å². The molecular formula is C16H13ClN2O3. The second-order valence-electron chi connectivity index (χ2n) is 4.60. The highest BCUT2D eigenvalue weighted by molar-refractivity contribution is 6.30. The van der Waals surface area contributed by atoms with Crippen molar-refractivity contribution in [2.45, 2.75) is 13.0 Å². The van der Waals surface area contributed by atoms with E-state index in [9.17, 15) is 4.79 Å². The largest absolute Gasteiger partial charge is 0.465 e. The summed E-state index contributed by atoms with van der Waals surface area (Å²) >= 11 is 5.84. The van der Waals surface area contributed by atoms with E-state index in [1.807, 2.05) is 6.07 Å². The van der Waals surface area contributed by atoms with Gasteiger partial charge in [0, 0.05) is 5.02 Å². The van der Waals surface area contributed by atoms with Gasteiger partial charge in [-0.1, -0.05) is 23.7 Å². The molecule has 2 rings (SSSR count). The SMILES string of the molecule is CC(NC(=O)O)c1cccc(Oc2ccc(Cl)cc2C#N)c1. The van der Waals surface area contributed by atoms with Crippen LogP contribution in [0.15, 0.2) is 42.5 Å². The number of hydrogen-bond acceptors (Lipinski definition) is 3. The molecule has 0 saturated carbocycles. The molecule has 0 heterocycles. The van der Waals surface area contributed by atoms with Crippen LogP contribution >= 0.6 is 11.6 Å². The number of ether oxygens (including phenoxy) is 1. The maximum Gasteiger partial charge on any atom is 0.405 e. The van der Waals surface area contributed by atoms with Crippen molar-refractivity contribution in [3.8, 4) is 17.6 Å². The van der Waals surface area contributed by atoms with E-state index in [-0.39, 0.29) is 6.04 Å². The Morgan fingerprint density at radius 2 is 2.14 bits per heavy atom. The summed E-state index contributed by atoms with van der Waals surface area (Å²) in [7, 11) is 0. The van der Waals surface area contributed by atoms with Crippen molar-refractivity contribution in [2.75, 3.05) is 0 Å². The van der Waals surface area contributed by atoms with Crippen LogP contribution in [0.4, 0.5) is 4.79 Å². The first-order valence-corrected chi connectivity index (χ1v) is 6.84. The average Bonchev–Trinajstić information content (AvgIpc) is 2.48. The highest BCUT2D eigenvalue weighted by Crippen LogP contribution is 2.28. The molecule has 0 aliphatic rings. The molecule has 1 unspecified atom stereocenters. The van der Waals surface area contributed by atoms with Gasteiger partial charge in [0.2, 0.25) is 0 Å². The smallest absolute Gasteiger partial charge is 0.405 e. The number of nitrogens with zero attached hydrogens (tertiary/aromatic N) is 1. The molecule has 0 aromatic heterocycles. The van der Waals surface area contributed by atoms with Gasteiger partial charge in [-0.25, -0.2) is 4.79 Å². The fourth-order valence-corrected chi connectivity index (χ4v) is 2.09. The van der Waals surface area contributed by atoms with Gasteiger partial charge in [0.15, 0.2) is 0 Å². The third-order valence-electron chi connectivity index (χ3n) is 2.99. The predicted octanol–water partition coefficient (Wildman–Crippen LogP) is 4.33. The van der Waals surface area contributed by atoms with Crippen LogP contribution in [-0.2, 0) is 0 Å². The molecule has 2 N–H and O–H groups in total. The molecule has 1 amide bonds. The van der Waals surface area contributed by atoms with Crippen LogP contribution in [0.2, 0.25) is 5.02 Å². The average molecular weight is 317 g/mol. The van der Waals surface area contributed by atoms with Crippen LogP contribution in [0.3, 0.4) is 0 Å². The van der Waals surface area contributed by atoms with E-state index >= 15 is 0 Å². The summed E-state index contributed by atoms with van der Waals surface area (Å²) in [5, 5.41) is 20.7. The second kappa shape index (κ2) is 6.83. The van der Waals surface area contributed by atoms with Gasteiger partial charge in [-0.15, -0.1) is 0 Å². The van der Waals surface area contributed by atoms with E-state index in [1.54, 1.807) is 43.3 Å². The minimum Gasteiger partial charge on any atom is -0.465 e. The standard InChI is InChI=1S/C16H13ClN2O3/c1-10(19-16(20)21)11-3-2-4-14(8-11)22-15-6-5-13(17)7-12(15)9-18/h2-8,10,19H,1H3,(H,20,21). The van der Waals surface area contributed by atoms with Crippen molar-refractivity contribution >= 4 is 17.7 Å². The summed E-state index contributed by atoms with van der Waals surface area (Å²) in [6.45, 7) is 1.73. The summed E-state index contributed by atoms with van der Waals surface area (Å²) in [6.07, 6.45) is -1.09. The molecule has 0 aliphatic carbocycles. The summed E-state index contributed by atoms with van der Waals surface area (Å²) < 4.78 is 5.69. The Bertz CT molecular complexity index is 740. The first kappa shape index (κ1) is 15.7. The Morgan fingerprint density at radius 3 is 2.82 bits per heavy atom. The van der Waals surface area contributed by atoms with Crippen LogP contribution < -0.4 is 10.1 Å². The highest BCUT2D eigenvalue weighted by Gasteiger charge is 2.10. The summed E-state index contributed by atoms with van der Waals surface area (Å²) in [4.78, 5) is 10.7. The molecule has 2 aromatic rings. The third kappa shape index (κ3) is 3.90. The number of amides is 1. The van der Waals surface area contributed by atoms with Gasteiger partial charge in [-0.05, 0) is 42.8 Å². The minimum atomic E-state index is -1.09. The van der Waals surface area contributed by atoms with Gasteiger partial charge in [-0.2, -0.15) is 5.26 Å². The Morgan fingerprint density at radius 1 is 1.36 bits per heavy atom. The molecule has 0 radical (unpaired) electrons. The van der Waals surface area contributed by atoms with E-state index in [1.165, 1.54) is 6.07 Å². The lowest BCUT2D eigenvalue weighted by Crippen LogP contribution is -2.24. The molecule has 6 heteroatoms. The first-order chi connectivity index (χ1) is 10.5. The van der Waals surface area contributed by atoms with Gasteiger partial charge in [-0.3, -0.25) is 0 Å². The topological polar surface area (TPSA) is 82.3 Å². The summed E-state index contributed by atoms with van der Waals surface area (Å²) in [6, 6.07) is 13.4. The third-order valence-corrected chi connectivity index (χ3v) is 3.22. The maximum absolute atomic E-state index is 10.7. The van der Waals surface area contributed by atoms with Crippen LogP contribution in [-0.4, -0.2) is 11.2 Å². The lowest BCUT2D eigenvalue weighted by atomic mass is 10.1. The Kier molecular flexibility index (Phi) is 4.87. The zero-order valence-corrected chi connectivity index (χ0v) is 12.5. The fourth-order valence-electron chi connectivity index (χ4n) is 1.92. The van der Waals surface area contributed by atoms with E-state index < -0.39 is 6.09 Å². The fraction of sp³-hybridized carbons (Fsp3) is 0.125. The monoisotopic (exact) mass is 316 g/mol. The molecule has 0 saturated heterocycles. The van der Waals surface area contributed by atoms with E-state index in [2.05, 4.69) is 5.32 Å². The van der Waals surface area contributed by atoms with Crippen molar-refractivity contribution in [3.05, 3.63) is 58.6 Å². The van der Waals surface area contributed by atoms with Crippen LogP contribution in [0.5, 0.6) is 11.5 Å². The van der Waals surface area contributed by atoms with E-state index in [0.29, 0.717) is 22.1 Å². The van der Waals surface area contributed by atoms with E-state index in [4.69, 9.17) is 26.7 Å². The molecule has 5 nitrogen and oxygen atoms in total.